The molecule has 1 saturated carbocycles. The van der Waals surface area contributed by atoms with Gasteiger partial charge in [0, 0.05) is 24.5 Å². The fourth-order valence-electron chi connectivity index (χ4n) is 2.68. The van der Waals surface area contributed by atoms with E-state index in [1.54, 1.807) is 6.07 Å². The number of rotatable bonds is 4. The van der Waals surface area contributed by atoms with Crippen molar-refractivity contribution in [2.45, 2.75) is 54.5 Å². The van der Waals surface area contributed by atoms with Crippen LogP contribution in [0.2, 0.25) is 0 Å². The number of nitrogens with zero attached hydrogens (tertiary/aromatic N) is 4. The van der Waals surface area contributed by atoms with Gasteiger partial charge in [0.15, 0.2) is 16.0 Å². The molecule has 11 heteroatoms. The fourth-order valence-corrected chi connectivity index (χ4v) is 3.65. The van der Waals surface area contributed by atoms with Crippen molar-refractivity contribution in [3.63, 3.8) is 0 Å². The number of thiocarbonyl (C=S) groups is 1. The van der Waals surface area contributed by atoms with Crippen LogP contribution in [0.1, 0.15) is 37.8 Å². The minimum Gasteiger partial charge on any atom is -0.360 e. The Bertz CT molecular complexity index is 781. The monoisotopic (exact) mass is 414 g/mol. The summed E-state index contributed by atoms with van der Waals surface area (Å²) in [6.45, 7) is 0. The summed E-state index contributed by atoms with van der Waals surface area (Å²) < 4.78 is 39.6. The van der Waals surface area contributed by atoms with Crippen LogP contribution < -0.4 is 10.6 Å². The van der Waals surface area contributed by atoms with Gasteiger partial charge in [0.1, 0.15) is 5.03 Å². The van der Waals surface area contributed by atoms with E-state index in [1.807, 2.05) is 0 Å². The summed E-state index contributed by atoms with van der Waals surface area (Å²) in [7, 11) is 0. The van der Waals surface area contributed by atoms with Crippen molar-refractivity contribution in [3.8, 4) is 0 Å². The lowest BCUT2D eigenvalue weighted by Gasteiger charge is -2.24. The second-order valence-electron chi connectivity index (χ2n) is 5.98. The van der Waals surface area contributed by atoms with Gasteiger partial charge in [-0.25, -0.2) is 19.9 Å². The van der Waals surface area contributed by atoms with Crippen LogP contribution in [0.15, 0.2) is 34.7 Å². The number of halogens is 3. The van der Waals surface area contributed by atoms with Gasteiger partial charge in [0.25, 0.3) is 0 Å². The van der Waals surface area contributed by atoms with E-state index in [-0.39, 0.29) is 27.3 Å². The molecule has 0 radical (unpaired) electrons. The smallest absolute Gasteiger partial charge is 0.360 e. The highest BCUT2D eigenvalue weighted by Crippen LogP contribution is 2.32. The topological polar surface area (TPSA) is 75.6 Å². The Morgan fingerprint density at radius 1 is 1.11 bits per heavy atom. The molecule has 0 unspecified atom stereocenters. The van der Waals surface area contributed by atoms with Gasteiger partial charge in [-0.3, -0.25) is 0 Å². The third kappa shape index (κ3) is 5.99. The van der Waals surface area contributed by atoms with Crippen LogP contribution in [0, 0.1) is 0 Å². The van der Waals surface area contributed by atoms with E-state index in [0.717, 1.165) is 43.5 Å². The van der Waals surface area contributed by atoms with Gasteiger partial charge >= 0.3 is 6.18 Å². The molecule has 1 aliphatic rings. The predicted molar refractivity (Wildman–Crippen MR) is 99.4 cm³/mol. The molecule has 1 fully saturated rings. The first-order valence-electron chi connectivity index (χ1n) is 8.39. The molecule has 0 atom stereocenters. The van der Waals surface area contributed by atoms with Crippen molar-refractivity contribution in [3.05, 3.63) is 30.2 Å². The Labute approximate surface area is 163 Å². The summed E-state index contributed by atoms with van der Waals surface area (Å²) in [5, 5.41) is 6.38. The zero-order chi connectivity index (χ0) is 19.3. The molecule has 27 heavy (non-hydrogen) atoms. The summed E-state index contributed by atoms with van der Waals surface area (Å²) in [4.78, 5) is 15.6. The van der Waals surface area contributed by atoms with Gasteiger partial charge in [-0.15, -0.1) is 0 Å². The maximum Gasteiger partial charge on any atom is 0.433 e. The van der Waals surface area contributed by atoms with Crippen LogP contribution in [-0.4, -0.2) is 31.1 Å². The molecule has 0 amide bonds. The lowest BCUT2D eigenvalue weighted by molar-refractivity contribution is -0.141. The minimum atomic E-state index is -4.61. The highest BCUT2D eigenvalue weighted by molar-refractivity contribution is 7.99. The maximum atomic E-state index is 13.2. The standard InChI is InChI=1S/C16H17F3N6S2/c17-16(18,19)11-9-12(27-15-20-7-4-8-21-15)24-13(23-11)25-14(26)22-10-5-2-1-3-6-10/h4,7-10H,1-3,5-6H2,(H2,22,23,24,25,26). The molecule has 0 aliphatic heterocycles. The third-order valence-electron chi connectivity index (χ3n) is 3.90. The molecular weight excluding hydrogens is 397 g/mol. The first-order chi connectivity index (χ1) is 12.9. The zero-order valence-electron chi connectivity index (χ0n) is 14.2. The maximum absolute atomic E-state index is 13.2. The first kappa shape index (κ1) is 19.7. The molecule has 2 aromatic rings. The van der Waals surface area contributed by atoms with E-state index in [1.165, 1.54) is 18.8 Å². The van der Waals surface area contributed by atoms with Crippen molar-refractivity contribution in [2.24, 2.45) is 0 Å². The van der Waals surface area contributed by atoms with Gasteiger partial charge in [-0.2, -0.15) is 13.2 Å². The van der Waals surface area contributed by atoms with E-state index >= 15 is 0 Å². The molecule has 2 N–H and O–H groups in total. The Balaban J connectivity index is 1.76. The normalized spacial score (nSPS) is 15.4. The van der Waals surface area contributed by atoms with Crippen molar-refractivity contribution < 1.29 is 13.2 Å². The van der Waals surface area contributed by atoms with Crippen molar-refractivity contribution in [2.75, 3.05) is 5.32 Å². The largest absolute Gasteiger partial charge is 0.433 e. The van der Waals surface area contributed by atoms with Gasteiger partial charge < -0.3 is 10.6 Å². The Morgan fingerprint density at radius 2 is 1.81 bits per heavy atom. The van der Waals surface area contributed by atoms with Gasteiger partial charge in [-0.1, -0.05) is 19.3 Å². The molecular formula is C16H17F3N6S2. The number of hydrogen-bond acceptors (Lipinski definition) is 6. The molecule has 2 heterocycles. The van der Waals surface area contributed by atoms with Crippen LogP contribution >= 0.6 is 24.0 Å². The van der Waals surface area contributed by atoms with Gasteiger partial charge in [-0.05, 0) is 42.9 Å². The second-order valence-corrected chi connectivity index (χ2v) is 7.38. The van der Waals surface area contributed by atoms with Crippen molar-refractivity contribution in [1.82, 2.24) is 25.3 Å². The van der Waals surface area contributed by atoms with E-state index in [4.69, 9.17) is 12.2 Å². The molecule has 2 aromatic heterocycles. The molecule has 0 saturated heterocycles. The van der Waals surface area contributed by atoms with Crippen LogP contribution in [0.4, 0.5) is 19.1 Å². The number of anilines is 1. The predicted octanol–water partition coefficient (Wildman–Crippen LogP) is 4.06. The number of hydrogen-bond donors (Lipinski definition) is 2. The molecule has 0 bridgehead atoms. The summed E-state index contributed by atoms with van der Waals surface area (Å²) in [5.41, 5.74) is -1.06. The van der Waals surface area contributed by atoms with E-state index < -0.39 is 11.9 Å². The SMILES string of the molecule is FC(F)(F)c1cc(Sc2ncccn2)nc(NC(=S)NC2CCCCC2)n1. The highest BCUT2D eigenvalue weighted by atomic mass is 32.2. The van der Waals surface area contributed by atoms with Crippen LogP contribution in [0.25, 0.3) is 0 Å². The third-order valence-corrected chi connectivity index (χ3v) is 4.93. The highest BCUT2D eigenvalue weighted by Gasteiger charge is 2.34. The molecule has 144 valence electrons. The number of aromatic nitrogens is 4. The molecule has 1 aliphatic carbocycles. The summed E-state index contributed by atoms with van der Waals surface area (Å²) in [5.74, 6) is -0.212. The lowest BCUT2D eigenvalue weighted by Crippen LogP contribution is -2.39. The quantitative estimate of drug-likeness (QED) is 0.441. The summed E-state index contributed by atoms with van der Waals surface area (Å²) in [6, 6.07) is 2.70. The van der Waals surface area contributed by atoms with Crippen LogP contribution in [-0.2, 0) is 6.18 Å². The van der Waals surface area contributed by atoms with E-state index in [2.05, 4.69) is 30.6 Å². The zero-order valence-corrected chi connectivity index (χ0v) is 15.8. The first-order valence-corrected chi connectivity index (χ1v) is 9.61. The average Bonchev–Trinajstić information content (AvgIpc) is 2.62. The molecule has 0 spiro atoms. The molecule has 0 aromatic carbocycles. The van der Waals surface area contributed by atoms with Crippen molar-refractivity contribution >= 4 is 35.0 Å². The Kier molecular flexibility index (Phi) is 6.42. The second kappa shape index (κ2) is 8.79. The number of alkyl halides is 3. The van der Waals surface area contributed by atoms with Crippen LogP contribution in [0.5, 0.6) is 0 Å². The summed E-state index contributed by atoms with van der Waals surface area (Å²) >= 11 is 6.13. The Hall–Kier alpha value is -2.01. The minimum absolute atomic E-state index is 0.0755. The molecule has 6 nitrogen and oxygen atoms in total. The average molecular weight is 414 g/mol. The van der Waals surface area contributed by atoms with E-state index in [0.29, 0.717) is 0 Å². The van der Waals surface area contributed by atoms with E-state index in [9.17, 15) is 13.2 Å². The van der Waals surface area contributed by atoms with Gasteiger partial charge in [0.2, 0.25) is 5.95 Å². The van der Waals surface area contributed by atoms with Crippen molar-refractivity contribution in [1.29, 1.82) is 0 Å². The molecule has 3 rings (SSSR count). The fraction of sp³-hybridized carbons (Fsp3) is 0.438. The number of nitrogens with one attached hydrogen (secondary N) is 2. The summed E-state index contributed by atoms with van der Waals surface area (Å²) in [6.07, 6.45) is 3.78. The lowest BCUT2D eigenvalue weighted by atomic mass is 9.96. The van der Waals surface area contributed by atoms with Gasteiger partial charge in [0.05, 0.1) is 0 Å². The van der Waals surface area contributed by atoms with Crippen LogP contribution in [0.3, 0.4) is 0 Å². The Morgan fingerprint density at radius 3 is 2.48 bits per heavy atom.